The molecule has 0 spiro atoms. The monoisotopic (exact) mass is 511 g/mol. The highest BCUT2D eigenvalue weighted by molar-refractivity contribution is 8.00. The Hall–Kier alpha value is -4.10. The van der Waals surface area contributed by atoms with Crippen LogP contribution in [0, 0.1) is 0 Å². The predicted molar refractivity (Wildman–Crippen MR) is 142 cm³/mol. The van der Waals surface area contributed by atoms with Crippen LogP contribution in [0.3, 0.4) is 0 Å². The molecule has 5 rings (SSSR count). The maximum absolute atomic E-state index is 13.8. The fraction of sp³-hybridized carbons (Fsp3) is 0.167. The van der Waals surface area contributed by atoms with Gasteiger partial charge in [0.05, 0.1) is 5.57 Å². The lowest BCUT2D eigenvalue weighted by atomic mass is 9.99. The molecule has 2 heterocycles. The van der Waals surface area contributed by atoms with Crippen molar-refractivity contribution in [2.45, 2.75) is 18.4 Å². The molecule has 2 aliphatic heterocycles. The van der Waals surface area contributed by atoms with Gasteiger partial charge in [0.1, 0.15) is 17.7 Å². The van der Waals surface area contributed by atoms with Crippen LogP contribution in [-0.4, -0.2) is 40.5 Å². The number of ether oxygens (including phenoxy) is 2. The molecular weight excluding hydrogens is 486 g/mol. The summed E-state index contributed by atoms with van der Waals surface area (Å²) < 4.78 is 11.3. The molecule has 3 aromatic rings. The molecule has 186 valence electrons. The van der Waals surface area contributed by atoms with Crippen molar-refractivity contribution < 1.29 is 23.9 Å². The van der Waals surface area contributed by atoms with E-state index in [9.17, 15) is 14.4 Å². The zero-order valence-corrected chi connectivity index (χ0v) is 21.0. The second-order valence-corrected chi connectivity index (χ2v) is 9.76. The maximum Gasteiger partial charge on any atom is 0.356 e. The Balaban J connectivity index is 1.48. The van der Waals surface area contributed by atoms with Crippen LogP contribution in [0.5, 0.6) is 0 Å². The number of fused-ring (bicyclic) bond motifs is 1. The van der Waals surface area contributed by atoms with Gasteiger partial charge in [0.25, 0.3) is 5.91 Å². The van der Waals surface area contributed by atoms with E-state index in [0.29, 0.717) is 16.9 Å². The summed E-state index contributed by atoms with van der Waals surface area (Å²) in [7, 11) is 0. The van der Waals surface area contributed by atoms with Crippen molar-refractivity contribution in [1.82, 2.24) is 4.90 Å². The molecule has 0 bridgehead atoms. The summed E-state index contributed by atoms with van der Waals surface area (Å²) in [5.74, 6) is -0.917. The molecule has 7 heteroatoms. The number of carbonyl (C=O) groups is 3. The standard InChI is InChI=1S/C30H25NO5S/c1-20(32)35-18-24-19-37-29-25(17-21-11-5-2-6-12-21)28(33)31(29)26(24)30(34)36-27(22-13-7-3-8-14-22)23-15-9-4-10-16-23/h2-17,27,29H,18-19H2,1H3/b25-17+/t29-/m1/s1. The van der Waals surface area contributed by atoms with E-state index in [1.165, 1.54) is 23.6 Å². The summed E-state index contributed by atoms with van der Waals surface area (Å²) in [6.07, 6.45) is 1.19. The molecule has 0 radical (unpaired) electrons. The number of amides is 1. The molecule has 1 atom stereocenters. The van der Waals surface area contributed by atoms with Gasteiger partial charge in [-0.2, -0.15) is 0 Å². The fourth-order valence-corrected chi connectivity index (χ4v) is 5.65. The van der Waals surface area contributed by atoms with Crippen molar-refractivity contribution in [3.05, 3.63) is 125 Å². The van der Waals surface area contributed by atoms with Gasteiger partial charge in [0, 0.05) is 18.2 Å². The summed E-state index contributed by atoms with van der Waals surface area (Å²) in [6, 6.07) is 28.5. The zero-order valence-electron chi connectivity index (χ0n) is 20.2. The number of carbonyl (C=O) groups excluding carboxylic acids is 3. The van der Waals surface area contributed by atoms with Crippen LogP contribution < -0.4 is 0 Å². The number of hydrogen-bond acceptors (Lipinski definition) is 6. The molecule has 0 unspecified atom stereocenters. The highest BCUT2D eigenvalue weighted by Crippen LogP contribution is 2.45. The smallest absolute Gasteiger partial charge is 0.356 e. The van der Waals surface area contributed by atoms with E-state index in [1.54, 1.807) is 0 Å². The van der Waals surface area contributed by atoms with Gasteiger partial charge in [0.2, 0.25) is 0 Å². The molecule has 37 heavy (non-hydrogen) atoms. The van der Waals surface area contributed by atoms with Gasteiger partial charge in [-0.05, 0) is 22.8 Å². The van der Waals surface area contributed by atoms with Crippen molar-refractivity contribution in [3.8, 4) is 0 Å². The second-order valence-electron chi connectivity index (χ2n) is 8.69. The molecule has 1 fully saturated rings. The normalized spacial score (nSPS) is 17.9. The lowest BCUT2D eigenvalue weighted by molar-refractivity contribution is -0.149. The van der Waals surface area contributed by atoms with Crippen LogP contribution in [0.1, 0.15) is 29.7 Å². The molecule has 0 N–H and O–H groups in total. The SMILES string of the molecule is CC(=O)OCC1=C(C(=O)OC(c2ccccc2)c2ccccc2)N2C(=O)/C(=C\c3ccccc3)[C@H]2SC1. The number of rotatable bonds is 7. The van der Waals surface area contributed by atoms with E-state index in [2.05, 4.69) is 0 Å². The molecule has 0 saturated carbocycles. The number of β-lactam (4-membered cyclic amide) rings is 1. The first-order valence-electron chi connectivity index (χ1n) is 11.9. The summed E-state index contributed by atoms with van der Waals surface area (Å²) >= 11 is 1.52. The van der Waals surface area contributed by atoms with Crippen molar-refractivity contribution in [1.29, 1.82) is 0 Å². The molecule has 3 aromatic carbocycles. The summed E-state index contributed by atoms with van der Waals surface area (Å²) in [5.41, 5.74) is 3.86. The first kappa shape index (κ1) is 24.6. The maximum atomic E-state index is 13.8. The van der Waals surface area contributed by atoms with Gasteiger partial charge >= 0.3 is 11.9 Å². The lowest BCUT2D eigenvalue weighted by Crippen LogP contribution is -2.56. The number of nitrogens with zero attached hydrogens (tertiary/aromatic N) is 1. The van der Waals surface area contributed by atoms with Crippen LogP contribution in [0.25, 0.3) is 6.08 Å². The van der Waals surface area contributed by atoms with Gasteiger partial charge in [0.15, 0.2) is 6.10 Å². The predicted octanol–water partition coefficient (Wildman–Crippen LogP) is 5.14. The van der Waals surface area contributed by atoms with E-state index in [0.717, 1.165) is 16.7 Å². The van der Waals surface area contributed by atoms with Crippen molar-refractivity contribution in [2.75, 3.05) is 12.4 Å². The largest absolute Gasteiger partial charge is 0.461 e. The van der Waals surface area contributed by atoms with Crippen LogP contribution in [0.15, 0.2) is 108 Å². The third-order valence-electron chi connectivity index (χ3n) is 6.15. The van der Waals surface area contributed by atoms with E-state index >= 15 is 0 Å². The molecular formula is C30H25NO5S. The van der Waals surface area contributed by atoms with Crippen LogP contribution >= 0.6 is 11.8 Å². The molecule has 1 saturated heterocycles. The van der Waals surface area contributed by atoms with Crippen molar-refractivity contribution in [2.24, 2.45) is 0 Å². The minimum absolute atomic E-state index is 0.0810. The Labute approximate surface area is 219 Å². The number of esters is 2. The highest BCUT2D eigenvalue weighted by Gasteiger charge is 2.50. The fourth-order valence-electron chi connectivity index (χ4n) is 4.38. The third-order valence-corrected chi connectivity index (χ3v) is 7.45. The van der Waals surface area contributed by atoms with Crippen molar-refractivity contribution in [3.63, 3.8) is 0 Å². The molecule has 6 nitrogen and oxygen atoms in total. The summed E-state index contributed by atoms with van der Waals surface area (Å²) in [4.78, 5) is 40.1. The molecule has 2 aliphatic rings. The van der Waals surface area contributed by atoms with Gasteiger partial charge in [-0.3, -0.25) is 14.5 Å². The van der Waals surface area contributed by atoms with Gasteiger partial charge < -0.3 is 9.47 Å². The summed E-state index contributed by atoms with van der Waals surface area (Å²) in [5, 5.41) is -0.316. The van der Waals surface area contributed by atoms with Crippen LogP contribution in [0.2, 0.25) is 0 Å². The number of hydrogen-bond donors (Lipinski definition) is 0. The van der Waals surface area contributed by atoms with E-state index in [4.69, 9.17) is 9.47 Å². The number of benzene rings is 3. The van der Waals surface area contributed by atoms with E-state index in [-0.39, 0.29) is 23.6 Å². The lowest BCUT2D eigenvalue weighted by Gasteiger charge is -2.46. The van der Waals surface area contributed by atoms with E-state index < -0.39 is 18.0 Å². The van der Waals surface area contributed by atoms with Crippen LogP contribution in [0.4, 0.5) is 0 Å². The van der Waals surface area contributed by atoms with E-state index in [1.807, 2.05) is 97.1 Å². The Bertz CT molecular complexity index is 1330. The van der Waals surface area contributed by atoms with Crippen molar-refractivity contribution >= 4 is 35.7 Å². The molecule has 1 amide bonds. The Morgan fingerprint density at radius 3 is 2.08 bits per heavy atom. The topological polar surface area (TPSA) is 72.9 Å². The third kappa shape index (κ3) is 5.22. The first-order valence-corrected chi connectivity index (χ1v) is 13.0. The number of thioether (sulfide) groups is 1. The Morgan fingerprint density at radius 2 is 1.51 bits per heavy atom. The average Bonchev–Trinajstić information content (AvgIpc) is 2.94. The van der Waals surface area contributed by atoms with Crippen LogP contribution in [-0.2, 0) is 23.9 Å². The Kier molecular flexibility index (Phi) is 7.23. The minimum atomic E-state index is -0.666. The van der Waals surface area contributed by atoms with Gasteiger partial charge in [-0.25, -0.2) is 4.79 Å². The quantitative estimate of drug-likeness (QED) is 0.249. The highest BCUT2D eigenvalue weighted by atomic mass is 32.2. The molecule has 0 aliphatic carbocycles. The average molecular weight is 512 g/mol. The Morgan fingerprint density at radius 1 is 0.946 bits per heavy atom. The second kappa shape index (κ2) is 10.9. The van der Waals surface area contributed by atoms with Gasteiger partial charge in [-0.15, -0.1) is 11.8 Å². The first-order chi connectivity index (χ1) is 18.0. The molecule has 0 aromatic heterocycles. The summed E-state index contributed by atoms with van der Waals surface area (Å²) in [6.45, 7) is 1.23. The van der Waals surface area contributed by atoms with Gasteiger partial charge in [-0.1, -0.05) is 91.0 Å². The minimum Gasteiger partial charge on any atom is -0.461 e. The zero-order chi connectivity index (χ0) is 25.8.